The summed E-state index contributed by atoms with van der Waals surface area (Å²) in [6.07, 6.45) is 1.61. The van der Waals surface area contributed by atoms with Crippen molar-refractivity contribution in [2.75, 3.05) is 44.9 Å². The average Bonchev–Trinajstić information content (AvgIpc) is 2.55. The van der Waals surface area contributed by atoms with Crippen LogP contribution in [0.25, 0.3) is 0 Å². The zero-order valence-corrected chi connectivity index (χ0v) is 14.7. The van der Waals surface area contributed by atoms with Crippen LogP contribution in [0.15, 0.2) is 36.5 Å². The Morgan fingerprint density at radius 1 is 1.29 bits per heavy atom. The molecule has 0 aliphatic carbocycles. The number of aromatic nitrogens is 1. The monoisotopic (exact) mass is 348 g/mol. The van der Waals surface area contributed by atoms with Gasteiger partial charge in [-0.1, -0.05) is 11.6 Å². The van der Waals surface area contributed by atoms with Gasteiger partial charge in [0.25, 0.3) is 5.91 Å². The lowest BCUT2D eigenvalue weighted by atomic mass is 10.2. The molecule has 0 bridgehead atoms. The Bertz CT molecular complexity index is 707. The van der Waals surface area contributed by atoms with Gasteiger partial charge >= 0.3 is 0 Å². The summed E-state index contributed by atoms with van der Waals surface area (Å²) in [6.45, 7) is 1.63. The first-order chi connectivity index (χ1) is 11.5. The van der Waals surface area contributed by atoms with Gasteiger partial charge in [0.2, 0.25) is 0 Å². The van der Waals surface area contributed by atoms with Gasteiger partial charge in [-0.3, -0.25) is 4.79 Å². The predicted octanol–water partition coefficient (Wildman–Crippen LogP) is 2.97. The zero-order chi connectivity index (χ0) is 17.5. The summed E-state index contributed by atoms with van der Waals surface area (Å²) >= 11 is 6.07. The average molecular weight is 349 g/mol. The molecule has 7 heteroatoms. The highest BCUT2D eigenvalue weighted by atomic mass is 35.5. The van der Waals surface area contributed by atoms with Crippen LogP contribution in [0.2, 0.25) is 5.02 Å². The van der Waals surface area contributed by atoms with Crippen molar-refractivity contribution in [1.82, 2.24) is 9.88 Å². The molecule has 2 aromatic rings. The summed E-state index contributed by atoms with van der Waals surface area (Å²) in [5.74, 6) is 0.998. The largest absolute Gasteiger partial charge is 0.495 e. The number of ether oxygens (including phenoxy) is 1. The number of benzene rings is 1. The normalized spacial score (nSPS) is 10.5. The molecule has 0 aliphatic heterocycles. The Kier molecular flexibility index (Phi) is 6.40. The van der Waals surface area contributed by atoms with E-state index in [0.717, 1.165) is 13.1 Å². The van der Waals surface area contributed by atoms with Crippen LogP contribution in [-0.2, 0) is 0 Å². The summed E-state index contributed by atoms with van der Waals surface area (Å²) in [5.41, 5.74) is 1.12. The molecule has 1 amide bonds. The molecular formula is C17H21ClN4O2. The molecule has 0 unspecified atom stereocenters. The van der Waals surface area contributed by atoms with Crippen LogP contribution in [0.3, 0.4) is 0 Å². The van der Waals surface area contributed by atoms with Crippen molar-refractivity contribution in [3.8, 4) is 5.75 Å². The first-order valence-corrected chi connectivity index (χ1v) is 7.87. The van der Waals surface area contributed by atoms with Gasteiger partial charge in [-0.05, 0) is 44.4 Å². The van der Waals surface area contributed by atoms with E-state index in [1.54, 1.807) is 43.6 Å². The Labute approximate surface area is 146 Å². The first kappa shape index (κ1) is 18.0. The summed E-state index contributed by atoms with van der Waals surface area (Å²) < 4.78 is 5.09. The Morgan fingerprint density at radius 2 is 2.08 bits per heavy atom. The van der Waals surface area contributed by atoms with Gasteiger partial charge < -0.3 is 20.3 Å². The molecule has 6 nitrogen and oxygen atoms in total. The van der Waals surface area contributed by atoms with Gasteiger partial charge in [0, 0.05) is 30.5 Å². The van der Waals surface area contributed by atoms with Crippen molar-refractivity contribution < 1.29 is 9.53 Å². The third-order valence-electron chi connectivity index (χ3n) is 3.30. The zero-order valence-electron chi connectivity index (χ0n) is 14.0. The number of pyridine rings is 1. The van der Waals surface area contributed by atoms with E-state index in [0.29, 0.717) is 27.8 Å². The van der Waals surface area contributed by atoms with Crippen molar-refractivity contribution in [1.29, 1.82) is 0 Å². The molecule has 24 heavy (non-hydrogen) atoms. The molecule has 0 saturated carbocycles. The molecular weight excluding hydrogens is 328 g/mol. The van der Waals surface area contributed by atoms with Crippen LogP contribution >= 0.6 is 11.6 Å². The fourth-order valence-electron chi connectivity index (χ4n) is 2.02. The van der Waals surface area contributed by atoms with Crippen LogP contribution < -0.4 is 15.4 Å². The molecule has 0 radical (unpaired) electrons. The molecule has 0 saturated heterocycles. The Hall–Kier alpha value is -2.31. The lowest BCUT2D eigenvalue weighted by Gasteiger charge is -2.12. The topological polar surface area (TPSA) is 66.5 Å². The third kappa shape index (κ3) is 5.11. The molecule has 1 aromatic heterocycles. The molecule has 0 fully saturated rings. The second kappa shape index (κ2) is 8.52. The van der Waals surface area contributed by atoms with Crippen LogP contribution in [0, 0.1) is 0 Å². The quantitative estimate of drug-likeness (QED) is 0.805. The molecule has 0 spiro atoms. The van der Waals surface area contributed by atoms with Gasteiger partial charge in [0.15, 0.2) is 0 Å². The highest BCUT2D eigenvalue weighted by Gasteiger charge is 2.09. The van der Waals surface area contributed by atoms with Gasteiger partial charge in [0.1, 0.15) is 11.6 Å². The van der Waals surface area contributed by atoms with E-state index >= 15 is 0 Å². The molecule has 1 aromatic carbocycles. The number of anilines is 2. The maximum atomic E-state index is 12.4. The number of hydrogen-bond donors (Lipinski definition) is 2. The van der Waals surface area contributed by atoms with Crippen molar-refractivity contribution in [2.24, 2.45) is 0 Å². The fraction of sp³-hybridized carbons (Fsp3) is 0.294. The van der Waals surface area contributed by atoms with E-state index in [1.165, 1.54) is 0 Å². The minimum absolute atomic E-state index is 0.228. The lowest BCUT2D eigenvalue weighted by molar-refractivity contribution is 0.102. The molecule has 0 atom stereocenters. The van der Waals surface area contributed by atoms with Crippen molar-refractivity contribution in [2.45, 2.75) is 0 Å². The lowest BCUT2D eigenvalue weighted by Crippen LogP contribution is -2.21. The summed E-state index contributed by atoms with van der Waals surface area (Å²) in [7, 11) is 5.54. The number of carbonyl (C=O) groups is 1. The predicted molar refractivity (Wildman–Crippen MR) is 97.2 cm³/mol. The van der Waals surface area contributed by atoms with Crippen LogP contribution in [-0.4, -0.2) is 50.1 Å². The highest BCUT2D eigenvalue weighted by Crippen LogP contribution is 2.27. The van der Waals surface area contributed by atoms with Crippen LogP contribution in [0.5, 0.6) is 5.75 Å². The number of carbonyl (C=O) groups excluding carboxylic acids is 1. The number of nitrogens with one attached hydrogen (secondary N) is 2. The number of methoxy groups -OCH3 is 1. The van der Waals surface area contributed by atoms with E-state index in [4.69, 9.17) is 16.3 Å². The maximum Gasteiger partial charge on any atom is 0.255 e. The molecule has 1 heterocycles. The molecule has 2 rings (SSSR count). The number of hydrogen-bond acceptors (Lipinski definition) is 5. The van der Waals surface area contributed by atoms with E-state index in [2.05, 4.69) is 20.5 Å². The summed E-state index contributed by atoms with van der Waals surface area (Å²) in [6, 6.07) is 8.47. The number of likely N-dealkylation sites (N-methyl/N-ethyl adjacent to an activating group) is 1. The molecule has 2 N–H and O–H groups in total. The smallest absolute Gasteiger partial charge is 0.255 e. The summed E-state index contributed by atoms with van der Waals surface area (Å²) in [5, 5.41) is 6.44. The van der Waals surface area contributed by atoms with E-state index in [9.17, 15) is 4.79 Å². The molecule has 0 aliphatic rings. The number of rotatable bonds is 7. The minimum atomic E-state index is -0.228. The van der Waals surface area contributed by atoms with Crippen molar-refractivity contribution in [3.05, 3.63) is 47.1 Å². The fourth-order valence-corrected chi connectivity index (χ4v) is 2.28. The van der Waals surface area contributed by atoms with Gasteiger partial charge in [-0.15, -0.1) is 0 Å². The standard InChI is InChI=1S/C17H21ClN4O2/c1-22(2)9-8-20-16-10-12(6-7-19-16)17(23)21-13-4-5-15(24-3)14(18)11-13/h4-7,10-11H,8-9H2,1-3H3,(H,19,20)(H,21,23). The summed E-state index contributed by atoms with van der Waals surface area (Å²) in [4.78, 5) is 18.6. The molecule has 128 valence electrons. The van der Waals surface area contributed by atoms with Gasteiger partial charge in [-0.2, -0.15) is 0 Å². The number of nitrogens with zero attached hydrogens (tertiary/aromatic N) is 2. The SMILES string of the molecule is COc1ccc(NC(=O)c2ccnc(NCCN(C)C)c2)cc1Cl. The van der Waals surface area contributed by atoms with Crippen molar-refractivity contribution in [3.63, 3.8) is 0 Å². The maximum absolute atomic E-state index is 12.4. The van der Waals surface area contributed by atoms with Crippen molar-refractivity contribution >= 4 is 29.0 Å². The first-order valence-electron chi connectivity index (χ1n) is 7.49. The Balaban J connectivity index is 2.03. The number of halogens is 1. The van der Waals surface area contributed by atoms with E-state index < -0.39 is 0 Å². The van der Waals surface area contributed by atoms with E-state index in [-0.39, 0.29) is 5.91 Å². The second-order valence-electron chi connectivity index (χ2n) is 5.46. The third-order valence-corrected chi connectivity index (χ3v) is 3.59. The second-order valence-corrected chi connectivity index (χ2v) is 5.87. The highest BCUT2D eigenvalue weighted by molar-refractivity contribution is 6.32. The van der Waals surface area contributed by atoms with E-state index in [1.807, 2.05) is 14.1 Å². The number of amides is 1. The minimum Gasteiger partial charge on any atom is -0.495 e. The van der Waals surface area contributed by atoms with Crippen LogP contribution in [0.1, 0.15) is 10.4 Å². The Morgan fingerprint density at radius 3 is 2.75 bits per heavy atom. The van der Waals surface area contributed by atoms with Gasteiger partial charge in [0.05, 0.1) is 12.1 Å². The van der Waals surface area contributed by atoms with Gasteiger partial charge in [-0.25, -0.2) is 4.98 Å². The van der Waals surface area contributed by atoms with Crippen LogP contribution in [0.4, 0.5) is 11.5 Å².